The quantitative estimate of drug-likeness (QED) is 0.848. The molecule has 7 heteroatoms. The van der Waals surface area contributed by atoms with E-state index < -0.39 is 17.6 Å². The highest BCUT2D eigenvalue weighted by Crippen LogP contribution is 2.29. The molecule has 2 amide bonds. The summed E-state index contributed by atoms with van der Waals surface area (Å²) in [4.78, 5) is 28.5. The third-order valence-corrected chi connectivity index (χ3v) is 4.82. The molecule has 130 valence electrons. The van der Waals surface area contributed by atoms with Crippen molar-refractivity contribution in [1.29, 1.82) is 0 Å². The molecular weight excluding hydrogens is 316 g/mol. The fourth-order valence-corrected chi connectivity index (χ4v) is 3.59. The van der Waals surface area contributed by atoms with Gasteiger partial charge in [-0.25, -0.2) is 8.78 Å². The average Bonchev–Trinajstić information content (AvgIpc) is 3.17. The molecule has 0 radical (unpaired) electrons. The second kappa shape index (κ2) is 6.84. The summed E-state index contributed by atoms with van der Waals surface area (Å²) in [7, 11) is 1.84. The van der Waals surface area contributed by atoms with Crippen LogP contribution >= 0.6 is 0 Å². The van der Waals surface area contributed by atoms with Crippen molar-refractivity contribution in [2.24, 2.45) is 5.92 Å². The van der Waals surface area contributed by atoms with Crippen molar-refractivity contribution >= 4 is 17.5 Å². The minimum atomic E-state index is -0.997. The van der Waals surface area contributed by atoms with E-state index in [2.05, 4.69) is 5.32 Å². The standard InChI is InChI=1S/C17H21F2N3O2/c1-20-10-12-3-2-7-21(12)16(23)13-6-8-22(17(13)24)11-4-5-14(18)15(19)9-11/h4-5,9,12-13,20H,2-3,6-8,10H2,1H3/t12-,13+/m0/s1. The van der Waals surface area contributed by atoms with Crippen LogP contribution in [0.4, 0.5) is 14.5 Å². The second-order valence-electron chi connectivity index (χ2n) is 6.31. The third-order valence-electron chi connectivity index (χ3n) is 4.82. The van der Waals surface area contributed by atoms with E-state index in [1.54, 1.807) is 4.90 Å². The molecule has 2 atom stereocenters. The van der Waals surface area contributed by atoms with Crippen molar-refractivity contribution in [2.75, 3.05) is 31.6 Å². The van der Waals surface area contributed by atoms with Gasteiger partial charge >= 0.3 is 0 Å². The normalized spacial score (nSPS) is 24.0. The summed E-state index contributed by atoms with van der Waals surface area (Å²) in [5, 5.41) is 3.08. The van der Waals surface area contributed by atoms with Crippen LogP contribution in [0.15, 0.2) is 18.2 Å². The maximum atomic E-state index is 13.4. The van der Waals surface area contributed by atoms with Gasteiger partial charge in [-0.3, -0.25) is 9.59 Å². The summed E-state index contributed by atoms with van der Waals surface area (Å²) in [6, 6.07) is 3.48. The molecule has 2 aliphatic rings. The van der Waals surface area contributed by atoms with E-state index in [0.29, 0.717) is 31.7 Å². The first-order valence-electron chi connectivity index (χ1n) is 8.24. The SMILES string of the molecule is CNC[C@@H]1CCCN1C(=O)[C@H]1CCN(c2ccc(F)c(F)c2)C1=O. The highest BCUT2D eigenvalue weighted by Gasteiger charge is 2.42. The zero-order valence-corrected chi connectivity index (χ0v) is 13.6. The topological polar surface area (TPSA) is 52.7 Å². The Balaban J connectivity index is 1.73. The summed E-state index contributed by atoms with van der Waals surface area (Å²) in [5.41, 5.74) is 0.294. The Morgan fingerprint density at radius 3 is 2.75 bits per heavy atom. The highest BCUT2D eigenvalue weighted by atomic mass is 19.2. The van der Waals surface area contributed by atoms with Crippen molar-refractivity contribution in [3.05, 3.63) is 29.8 Å². The van der Waals surface area contributed by atoms with Crippen molar-refractivity contribution in [1.82, 2.24) is 10.2 Å². The number of nitrogens with zero attached hydrogens (tertiary/aromatic N) is 2. The molecule has 0 saturated carbocycles. The molecule has 0 aromatic heterocycles. The summed E-state index contributed by atoms with van der Waals surface area (Å²) in [6.07, 6.45) is 2.27. The lowest BCUT2D eigenvalue weighted by atomic mass is 10.1. The molecule has 3 rings (SSSR count). The van der Waals surface area contributed by atoms with Crippen molar-refractivity contribution in [3.8, 4) is 0 Å². The molecular formula is C17H21F2N3O2. The van der Waals surface area contributed by atoms with Gasteiger partial charge < -0.3 is 15.1 Å². The first-order chi connectivity index (χ1) is 11.5. The molecule has 5 nitrogen and oxygen atoms in total. The molecule has 2 saturated heterocycles. The predicted molar refractivity (Wildman–Crippen MR) is 85.5 cm³/mol. The predicted octanol–water partition coefficient (Wildman–Crippen LogP) is 1.53. The van der Waals surface area contributed by atoms with Gasteiger partial charge in [-0.15, -0.1) is 0 Å². The highest BCUT2D eigenvalue weighted by molar-refractivity contribution is 6.09. The Labute approximate surface area is 139 Å². The molecule has 24 heavy (non-hydrogen) atoms. The fraction of sp³-hybridized carbons (Fsp3) is 0.529. The molecule has 0 unspecified atom stereocenters. The van der Waals surface area contributed by atoms with Crippen LogP contribution in [-0.2, 0) is 9.59 Å². The van der Waals surface area contributed by atoms with Crippen molar-refractivity contribution in [3.63, 3.8) is 0 Å². The fourth-order valence-electron chi connectivity index (χ4n) is 3.59. The lowest BCUT2D eigenvalue weighted by Crippen LogP contribution is -2.45. The summed E-state index contributed by atoms with van der Waals surface area (Å²) in [5.74, 6) is -3.16. The zero-order chi connectivity index (χ0) is 17.3. The van der Waals surface area contributed by atoms with Crippen LogP contribution in [0, 0.1) is 17.6 Å². The van der Waals surface area contributed by atoms with Gasteiger partial charge in [-0.05, 0) is 38.4 Å². The van der Waals surface area contributed by atoms with Crippen LogP contribution in [0.25, 0.3) is 0 Å². The zero-order valence-electron chi connectivity index (χ0n) is 13.6. The second-order valence-corrected chi connectivity index (χ2v) is 6.31. The summed E-state index contributed by atoms with van der Waals surface area (Å²) in [6.45, 7) is 1.71. The van der Waals surface area contributed by atoms with Gasteiger partial charge in [-0.2, -0.15) is 0 Å². The lowest BCUT2D eigenvalue weighted by molar-refractivity contribution is -0.140. The number of nitrogens with one attached hydrogen (secondary N) is 1. The van der Waals surface area contributed by atoms with E-state index in [-0.39, 0.29) is 17.9 Å². The van der Waals surface area contributed by atoms with E-state index in [1.165, 1.54) is 11.0 Å². The third kappa shape index (κ3) is 3.00. The monoisotopic (exact) mass is 337 g/mol. The number of hydrogen-bond acceptors (Lipinski definition) is 3. The van der Waals surface area contributed by atoms with Gasteiger partial charge in [0.05, 0.1) is 0 Å². The summed E-state index contributed by atoms with van der Waals surface area (Å²) < 4.78 is 26.5. The lowest BCUT2D eigenvalue weighted by Gasteiger charge is -2.27. The van der Waals surface area contributed by atoms with E-state index in [9.17, 15) is 18.4 Å². The number of hydrogen-bond donors (Lipinski definition) is 1. The largest absolute Gasteiger partial charge is 0.338 e. The molecule has 1 N–H and O–H groups in total. The smallest absolute Gasteiger partial charge is 0.239 e. The van der Waals surface area contributed by atoms with Gasteiger partial charge in [0.1, 0.15) is 5.92 Å². The van der Waals surface area contributed by atoms with Gasteiger partial charge in [0.15, 0.2) is 11.6 Å². The van der Waals surface area contributed by atoms with Crippen LogP contribution < -0.4 is 10.2 Å². The van der Waals surface area contributed by atoms with Crippen LogP contribution in [0.5, 0.6) is 0 Å². The van der Waals surface area contributed by atoms with Crippen LogP contribution in [0.2, 0.25) is 0 Å². The minimum absolute atomic E-state index is 0.118. The molecule has 0 spiro atoms. The number of carbonyl (C=O) groups is 2. The number of likely N-dealkylation sites (tertiary alicyclic amines) is 1. The number of likely N-dealkylation sites (N-methyl/N-ethyl adjacent to an activating group) is 1. The Kier molecular flexibility index (Phi) is 4.80. The Morgan fingerprint density at radius 1 is 1.25 bits per heavy atom. The number of carbonyl (C=O) groups excluding carboxylic acids is 2. The van der Waals surface area contributed by atoms with Crippen LogP contribution in [-0.4, -0.2) is 49.4 Å². The molecule has 2 heterocycles. The number of anilines is 1. The Morgan fingerprint density at radius 2 is 2.04 bits per heavy atom. The van der Waals surface area contributed by atoms with Gasteiger partial charge in [-0.1, -0.05) is 0 Å². The molecule has 0 bridgehead atoms. The van der Waals surface area contributed by atoms with Crippen LogP contribution in [0.1, 0.15) is 19.3 Å². The number of amides is 2. The number of rotatable bonds is 4. The Bertz CT molecular complexity index is 653. The van der Waals surface area contributed by atoms with E-state index in [1.807, 2.05) is 7.05 Å². The summed E-state index contributed by atoms with van der Waals surface area (Å²) >= 11 is 0. The molecule has 1 aromatic rings. The van der Waals surface area contributed by atoms with E-state index in [4.69, 9.17) is 0 Å². The molecule has 0 aliphatic carbocycles. The van der Waals surface area contributed by atoms with Crippen molar-refractivity contribution in [2.45, 2.75) is 25.3 Å². The first kappa shape index (κ1) is 16.8. The van der Waals surface area contributed by atoms with Gasteiger partial charge in [0.2, 0.25) is 11.8 Å². The number of benzene rings is 1. The average molecular weight is 337 g/mol. The molecule has 2 aliphatic heterocycles. The van der Waals surface area contributed by atoms with E-state index in [0.717, 1.165) is 25.0 Å². The maximum absolute atomic E-state index is 13.4. The van der Waals surface area contributed by atoms with E-state index >= 15 is 0 Å². The van der Waals surface area contributed by atoms with Crippen LogP contribution in [0.3, 0.4) is 0 Å². The Hall–Kier alpha value is -2.02. The molecule has 1 aromatic carbocycles. The maximum Gasteiger partial charge on any atom is 0.239 e. The first-order valence-corrected chi connectivity index (χ1v) is 8.24. The minimum Gasteiger partial charge on any atom is -0.338 e. The van der Waals surface area contributed by atoms with Gasteiger partial charge in [0, 0.05) is 37.4 Å². The van der Waals surface area contributed by atoms with Crippen molar-refractivity contribution < 1.29 is 18.4 Å². The van der Waals surface area contributed by atoms with Gasteiger partial charge in [0.25, 0.3) is 0 Å². The molecule has 2 fully saturated rings. The number of halogens is 2.